The summed E-state index contributed by atoms with van der Waals surface area (Å²) in [6.45, 7) is 2.73. The first kappa shape index (κ1) is 11.2. The normalized spacial score (nSPS) is 11.9. The second kappa shape index (κ2) is 5.76. The Morgan fingerprint density at radius 1 is 1.29 bits per heavy atom. The Morgan fingerprint density at radius 2 is 1.93 bits per heavy atom. The summed E-state index contributed by atoms with van der Waals surface area (Å²) in [4.78, 5) is 0. The van der Waals surface area contributed by atoms with E-state index in [1.807, 2.05) is 25.1 Å². The van der Waals surface area contributed by atoms with E-state index in [0.29, 0.717) is 0 Å². The van der Waals surface area contributed by atoms with E-state index < -0.39 is 0 Å². The highest BCUT2D eigenvalue weighted by Gasteiger charge is 2.07. The lowest BCUT2D eigenvalue weighted by Crippen LogP contribution is -1.96. The highest BCUT2D eigenvalue weighted by atomic mass is 32.2. The first-order valence-corrected chi connectivity index (χ1v) is 6.81. The molecule has 0 aliphatic heterocycles. The molecule has 0 fully saturated rings. The van der Waals surface area contributed by atoms with Crippen molar-refractivity contribution in [2.75, 3.05) is 19.1 Å². The quantitative estimate of drug-likeness (QED) is 0.547. The van der Waals surface area contributed by atoms with E-state index in [9.17, 15) is 0 Å². The average molecular weight is 209 g/mol. The van der Waals surface area contributed by atoms with Crippen LogP contribution >= 0.6 is 0 Å². The van der Waals surface area contributed by atoms with Crippen LogP contribution in [0.3, 0.4) is 0 Å². The van der Waals surface area contributed by atoms with Crippen molar-refractivity contribution in [3.8, 4) is 0 Å². The Labute approximate surface area is 89.1 Å². The number of hydrogen-bond donors (Lipinski definition) is 0. The predicted octanol–water partition coefficient (Wildman–Crippen LogP) is 2.90. The van der Waals surface area contributed by atoms with Crippen LogP contribution in [0.25, 0.3) is 5.76 Å². The number of benzene rings is 1. The van der Waals surface area contributed by atoms with E-state index in [1.54, 1.807) is 0 Å². The minimum Gasteiger partial charge on any atom is -0.489 e. The Balaban J connectivity index is 2.89. The molecule has 1 rings (SSSR count). The van der Waals surface area contributed by atoms with Gasteiger partial charge in [-0.2, -0.15) is 0 Å². The molecule has 0 aliphatic carbocycles. The molecule has 0 saturated heterocycles. The molecule has 0 bridgehead atoms. The fourth-order valence-corrected chi connectivity index (χ4v) is 1.79. The second-order valence-corrected chi connectivity index (χ2v) is 5.16. The van der Waals surface area contributed by atoms with Gasteiger partial charge in [0.1, 0.15) is 12.5 Å². The first-order valence-electron chi connectivity index (χ1n) is 4.70. The van der Waals surface area contributed by atoms with Crippen LogP contribution in [0, 0.1) is 0 Å². The molecule has 0 aliphatic rings. The predicted molar refractivity (Wildman–Crippen MR) is 65.3 cm³/mol. The third-order valence-corrected chi connectivity index (χ3v) is 2.39. The zero-order valence-corrected chi connectivity index (χ0v) is 9.80. The van der Waals surface area contributed by atoms with Crippen molar-refractivity contribution in [3.63, 3.8) is 0 Å². The van der Waals surface area contributed by atoms with Gasteiger partial charge in [0.25, 0.3) is 0 Å². The molecule has 0 amide bonds. The molecule has 0 heterocycles. The molecule has 2 heteroatoms. The summed E-state index contributed by atoms with van der Waals surface area (Å²) in [5.41, 5.74) is 1.16. The van der Waals surface area contributed by atoms with Crippen LogP contribution in [0.5, 0.6) is 0 Å². The Bertz CT molecular complexity index is 290. The summed E-state index contributed by atoms with van der Waals surface area (Å²) in [7, 11) is 0.265. The van der Waals surface area contributed by atoms with Crippen LogP contribution in [-0.2, 0) is 15.6 Å². The fraction of sp³-hybridized carbons (Fsp3) is 0.333. The van der Waals surface area contributed by atoms with Crippen LogP contribution in [0.2, 0.25) is 0 Å². The molecular weight excluding hydrogens is 192 g/mol. The highest BCUT2D eigenvalue weighted by molar-refractivity contribution is 7.98. The Morgan fingerprint density at radius 3 is 2.43 bits per heavy atom. The van der Waals surface area contributed by atoms with Crippen LogP contribution in [0.1, 0.15) is 12.5 Å². The van der Waals surface area contributed by atoms with Crippen molar-refractivity contribution < 1.29 is 4.74 Å². The third kappa shape index (κ3) is 3.46. The van der Waals surface area contributed by atoms with E-state index in [2.05, 4.69) is 30.1 Å². The summed E-state index contributed by atoms with van der Waals surface area (Å²) in [5, 5.41) is 2.18. The minimum absolute atomic E-state index is 0.265. The van der Waals surface area contributed by atoms with Gasteiger partial charge in [0, 0.05) is 16.5 Å². The second-order valence-electron chi connectivity index (χ2n) is 3.16. The third-order valence-electron chi connectivity index (χ3n) is 1.70. The van der Waals surface area contributed by atoms with Gasteiger partial charge in [-0.15, -0.1) is 0 Å². The van der Waals surface area contributed by atoms with Crippen molar-refractivity contribution in [2.24, 2.45) is 0 Å². The van der Waals surface area contributed by atoms with Crippen LogP contribution in [0.4, 0.5) is 0 Å². The van der Waals surface area contributed by atoms with Crippen molar-refractivity contribution in [3.05, 3.63) is 41.3 Å². The van der Waals surface area contributed by atoms with Gasteiger partial charge in [-0.1, -0.05) is 30.3 Å². The van der Waals surface area contributed by atoms with Gasteiger partial charge < -0.3 is 4.74 Å². The Hall–Kier alpha value is -0.890. The highest BCUT2D eigenvalue weighted by Crippen LogP contribution is 2.16. The summed E-state index contributed by atoms with van der Waals surface area (Å²) >= 11 is 0. The standard InChI is InChI=1S/C12H17OS/c1-4-13-12(10-14(2)3)11-8-6-5-7-9-11/h5-10H,4H2,1-3H3/q+1/b12-10-. The van der Waals surface area contributed by atoms with E-state index in [4.69, 9.17) is 4.74 Å². The molecule has 0 radical (unpaired) electrons. The molecule has 0 saturated carbocycles. The van der Waals surface area contributed by atoms with Crippen molar-refractivity contribution >= 4 is 16.7 Å². The van der Waals surface area contributed by atoms with Crippen LogP contribution < -0.4 is 0 Å². The van der Waals surface area contributed by atoms with E-state index >= 15 is 0 Å². The molecule has 14 heavy (non-hydrogen) atoms. The molecule has 0 N–H and O–H groups in total. The maximum absolute atomic E-state index is 5.61. The van der Waals surface area contributed by atoms with Gasteiger partial charge in [0.05, 0.1) is 6.61 Å². The van der Waals surface area contributed by atoms with Crippen molar-refractivity contribution in [2.45, 2.75) is 6.92 Å². The van der Waals surface area contributed by atoms with E-state index in [1.165, 1.54) is 0 Å². The topological polar surface area (TPSA) is 9.23 Å². The maximum atomic E-state index is 5.61. The number of ether oxygens (including phenoxy) is 1. The van der Waals surface area contributed by atoms with Crippen LogP contribution in [-0.4, -0.2) is 19.1 Å². The van der Waals surface area contributed by atoms with Crippen LogP contribution in [0.15, 0.2) is 35.7 Å². The lowest BCUT2D eigenvalue weighted by molar-refractivity contribution is 0.298. The lowest BCUT2D eigenvalue weighted by Gasteiger charge is -2.06. The molecule has 76 valence electrons. The molecule has 0 spiro atoms. The van der Waals surface area contributed by atoms with Gasteiger partial charge in [0.2, 0.25) is 0 Å². The zero-order valence-electron chi connectivity index (χ0n) is 8.99. The largest absolute Gasteiger partial charge is 0.489 e. The van der Waals surface area contributed by atoms with Gasteiger partial charge in [0.15, 0.2) is 11.2 Å². The summed E-state index contributed by atoms with van der Waals surface area (Å²) in [5.74, 6) is 1.00. The average Bonchev–Trinajstić information content (AvgIpc) is 2.18. The van der Waals surface area contributed by atoms with Gasteiger partial charge >= 0.3 is 0 Å². The van der Waals surface area contributed by atoms with Gasteiger partial charge in [-0.3, -0.25) is 0 Å². The van der Waals surface area contributed by atoms with Crippen molar-refractivity contribution in [1.82, 2.24) is 0 Å². The first-order chi connectivity index (χ1) is 6.74. The van der Waals surface area contributed by atoms with Gasteiger partial charge in [-0.25, -0.2) is 0 Å². The number of hydrogen-bond acceptors (Lipinski definition) is 1. The molecule has 1 aromatic rings. The minimum atomic E-state index is 0.265. The fourth-order valence-electron chi connectivity index (χ4n) is 1.16. The monoisotopic (exact) mass is 209 g/mol. The molecule has 1 aromatic carbocycles. The van der Waals surface area contributed by atoms with Crippen molar-refractivity contribution in [1.29, 1.82) is 0 Å². The van der Waals surface area contributed by atoms with Gasteiger partial charge in [-0.05, 0) is 6.92 Å². The molecule has 0 atom stereocenters. The van der Waals surface area contributed by atoms with E-state index in [-0.39, 0.29) is 10.9 Å². The smallest absolute Gasteiger partial charge is 0.173 e. The molecule has 1 nitrogen and oxygen atoms in total. The summed E-state index contributed by atoms with van der Waals surface area (Å²) < 4.78 is 5.61. The summed E-state index contributed by atoms with van der Waals surface area (Å²) in [6.07, 6.45) is 4.36. The number of rotatable bonds is 4. The SMILES string of the molecule is CCO/C(=C\[S+](C)C)c1ccccc1. The summed E-state index contributed by atoms with van der Waals surface area (Å²) in [6, 6.07) is 10.2. The Kier molecular flexibility index (Phi) is 4.60. The maximum Gasteiger partial charge on any atom is 0.173 e. The van der Waals surface area contributed by atoms with E-state index in [0.717, 1.165) is 17.9 Å². The molecule has 0 aromatic heterocycles. The molecular formula is C12H17OS+. The molecule has 0 unspecified atom stereocenters. The lowest BCUT2D eigenvalue weighted by atomic mass is 10.2. The zero-order chi connectivity index (χ0) is 10.4.